The molecule has 0 aliphatic heterocycles. The zero-order chi connectivity index (χ0) is 44.5. The number of hydrogen-bond acceptors (Lipinski definition) is 14. The van der Waals surface area contributed by atoms with Crippen LogP contribution in [-0.4, -0.2) is 45.9 Å². The molecular weight excluding hydrogens is 899 g/mol. The zero-order valence-corrected chi connectivity index (χ0v) is 41.1. The number of nitrogens with zero attached hydrogens (tertiary/aromatic N) is 4. The van der Waals surface area contributed by atoms with Crippen molar-refractivity contribution < 1.29 is 87.9 Å². The zero-order valence-electron chi connectivity index (χ0n) is 37.5. The fourth-order valence-electron chi connectivity index (χ4n) is 6.32. The van der Waals surface area contributed by atoms with Crippen LogP contribution in [0.25, 0.3) is 12.2 Å². The molecule has 20 heteroatoms. The molecule has 324 valence electrons. The maximum absolute atomic E-state index is 12.8. The quantitative estimate of drug-likeness (QED) is 0.0375. The van der Waals surface area contributed by atoms with Crippen LogP contribution in [0.4, 0.5) is 69.3 Å². The molecule has 0 aliphatic rings. The smallest absolute Gasteiger partial charge is 1.00 e. The van der Waals surface area contributed by atoms with Crippen molar-refractivity contribution in [2.45, 2.75) is 9.79 Å². The first kappa shape index (κ1) is 49.3. The van der Waals surface area contributed by atoms with Gasteiger partial charge in [-0.05, 0) is 83.9 Å². The van der Waals surface area contributed by atoms with Crippen LogP contribution >= 0.6 is 0 Å². The predicted molar refractivity (Wildman–Crippen MR) is 253 cm³/mol. The van der Waals surface area contributed by atoms with E-state index in [4.69, 9.17) is 0 Å². The molecule has 0 atom stereocenters. The fraction of sp³-hybridized carbons (Fsp3) is 0. The Labute approximate surface area is 428 Å². The van der Waals surface area contributed by atoms with Crippen LogP contribution in [-0.2, 0) is 20.2 Å². The first-order valence-corrected chi connectivity index (χ1v) is 22.3. The summed E-state index contributed by atoms with van der Waals surface area (Å²) in [5.41, 5.74) is 3.54. The number of benzene rings is 6. The monoisotopic (exact) mass is 938 g/mol. The molecule has 66 heavy (non-hydrogen) atoms. The number of aromatic nitrogens is 4. The average Bonchev–Trinajstić information content (AvgIpc) is 3.27. The van der Waals surface area contributed by atoms with Crippen molar-refractivity contribution in [3.63, 3.8) is 0 Å². The summed E-state index contributed by atoms with van der Waals surface area (Å²) in [7, 11) is -9.67. The van der Waals surface area contributed by atoms with Gasteiger partial charge in [-0.25, -0.2) is 0 Å². The van der Waals surface area contributed by atoms with E-state index in [0.717, 1.165) is 22.7 Å². The van der Waals surface area contributed by atoms with Crippen LogP contribution in [0.2, 0.25) is 0 Å². The van der Waals surface area contributed by atoms with E-state index in [0.29, 0.717) is 23.3 Å². The van der Waals surface area contributed by atoms with Crippen LogP contribution in [0.5, 0.6) is 0 Å². The Bertz CT molecular complexity index is 2860. The number of para-hydroxylation sites is 4. The number of rotatable bonds is 16. The first-order valence-electron chi connectivity index (χ1n) is 19.4. The van der Waals surface area contributed by atoms with Crippen LogP contribution in [0.1, 0.15) is 14.0 Å². The second-order valence-corrected chi connectivity index (χ2v) is 16.7. The summed E-state index contributed by atoms with van der Waals surface area (Å²) >= 11 is 0. The van der Waals surface area contributed by atoms with Crippen LogP contribution < -0.4 is 91.0 Å². The molecule has 2 aromatic heterocycles. The fourth-order valence-corrected chi connectivity index (χ4v) is 7.74. The molecule has 0 bridgehead atoms. The summed E-state index contributed by atoms with van der Waals surface area (Å²) in [5, 5.41) is 19.0. The van der Waals surface area contributed by atoms with Gasteiger partial charge in [0, 0.05) is 46.3 Å². The molecule has 0 saturated carbocycles. The van der Waals surface area contributed by atoms with Crippen molar-refractivity contribution in [3.8, 4) is 0 Å². The third-order valence-corrected chi connectivity index (χ3v) is 11.0. The molecular formula is C46H40N10Na2O6S2. The molecule has 0 fully saturated rings. The Morgan fingerprint density at radius 3 is 0.894 bits per heavy atom. The second-order valence-electron chi connectivity index (χ2n) is 13.9. The molecule has 0 radical (unpaired) electrons. The van der Waals surface area contributed by atoms with Gasteiger partial charge in [0.25, 0.3) is 20.2 Å². The number of anilines is 12. The van der Waals surface area contributed by atoms with E-state index in [2.05, 4.69) is 51.8 Å². The maximum Gasteiger partial charge on any atom is 1.00 e. The van der Waals surface area contributed by atoms with E-state index in [9.17, 15) is 25.9 Å². The Balaban J connectivity index is 0.00000252. The molecule has 0 spiro atoms. The average molecular weight is 939 g/mol. The third kappa shape index (κ3) is 13.7. The van der Waals surface area contributed by atoms with Gasteiger partial charge < -0.3 is 34.8 Å². The summed E-state index contributed by atoms with van der Waals surface area (Å²) in [5.74, 6) is 1.92. The van der Waals surface area contributed by atoms with Gasteiger partial charge in [0.05, 0.1) is 0 Å². The minimum absolute atomic E-state index is 0. The molecule has 0 saturated heterocycles. The first-order chi connectivity index (χ1) is 30.9. The summed E-state index contributed by atoms with van der Waals surface area (Å²) in [6, 6.07) is 49.2. The van der Waals surface area contributed by atoms with Crippen molar-refractivity contribution in [2.24, 2.45) is 0 Å². The summed E-state index contributed by atoms with van der Waals surface area (Å²) in [6.45, 7) is 0. The number of hydrogen-bond donors (Lipinski definition) is 8. The summed E-state index contributed by atoms with van der Waals surface area (Å²) in [6.07, 6.45) is 2.60. The van der Waals surface area contributed by atoms with Gasteiger partial charge in [-0.1, -0.05) is 97.1 Å². The number of nitrogens with one attached hydrogen (secondary N) is 6. The third-order valence-electron chi connectivity index (χ3n) is 9.17. The van der Waals surface area contributed by atoms with E-state index in [1.54, 1.807) is 12.1 Å². The van der Waals surface area contributed by atoms with Crippen LogP contribution in [0.15, 0.2) is 180 Å². The topological polar surface area (TPSA) is 232 Å². The second kappa shape index (κ2) is 22.4. The Kier molecular flexibility index (Phi) is 16.7. The van der Waals surface area contributed by atoms with Gasteiger partial charge in [0.2, 0.25) is 11.9 Å². The molecule has 8 aromatic rings. The van der Waals surface area contributed by atoms with Crippen molar-refractivity contribution in [3.05, 3.63) is 181 Å². The van der Waals surface area contributed by atoms with E-state index < -0.39 is 30.0 Å². The van der Waals surface area contributed by atoms with Crippen molar-refractivity contribution in [1.29, 1.82) is 0 Å². The Morgan fingerprint density at radius 1 is 0.364 bits per heavy atom. The van der Waals surface area contributed by atoms with Crippen LogP contribution in [0.3, 0.4) is 0 Å². The minimum Gasteiger partial charge on any atom is -1.00 e. The molecule has 2 heterocycles. The van der Waals surface area contributed by atoms with Crippen molar-refractivity contribution in [1.82, 2.24) is 19.9 Å². The van der Waals surface area contributed by atoms with Gasteiger partial charge in [0.15, 0.2) is 0 Å². The molecule has 0 aliphatic carbocycles. The summed E-state index contributed by atoms with van der Waals surface area (Å²) in [4.78, 5) is 17.3. The van der Waals surface area contributed by atoms with E-state index in [1.807, 2.05) is 121 Å². The van der Waals surface area contributed by atoms with Gasteiger partial charge in [0.1, 0.15) is 33.1 Å². The molecule has 8 rings (SSSR count). The van der Waals surface area contributed by atoms with Crippen molar-refractivity contribution in [2.75, 3.05) is 31.9 Å². The molecule has 0 amide bonds. The molecule has 8 N–H and O–H groups in total. The molecule has 6 aromatic carbocycles. The summed E-state index contributed by atoms with van der Waals surface area (Å²) < 4.78 is 71.7. The largest absolute Gasteiger partial charge is 1.00 e. The normalized spacial score (nSPS) is 11.1. The van der Waals surface area contributed by atoms with Gasteiger partial charge in [-0.2, -0.15) is 36.8 Å². The minimum atomic E-state index is -4.84. The van der Waals surface area contributed by atoms with E-state index >= 15 is 0 Å². The van der Waals surface area contributed by atoms with E-state index in [-0.39, 0.29) is 96.4 Å². The maximum atomic E-state index is 12.8. The SMILES string of the molecule is O=S(=O)(O)c1cc(Nc2nc(Nc3ccccc3)cc(Nc3ccccc3)n2)ccc1/C=C/c1ccc(Nc2nc(Nc3ccccc3)cc(Nc3ccccc3)n2)cc1S(=O)(=O)O.[H-].[H-].[Na+].[Na+]. The van der Waals surface area contributed by atoms with Gasteiger partial charge >= 0.3 is 59.1 Å². The van der Waals surface area contributed by atoms with E-state index in [1.165, 1.54) is 48.6 Å². The van der Waals surface area contributed by atoms with Gasteiger partial charge in [-0.15, -0.1) is 0 Å². The molecule has 0 unspecified atom stereocenters. The van der Waals surface area contributed by atoms with Gasteiger partial charge in [-0.3, -0.25) is 9.11 Å². The van der Waals surface area contributed by atoms with Crippen molar-refractivity contribution >= 4 is 102 Å². The predicted octanol–water partition coefficient (Wildman–Crippen LogP) is 4.63. The Morgan fingerprint density at radius 2 is 0.636 bits per heavy atom. The standard InChI is InChI=1S/C46H38N10O6S2.2Na.2H/c57-63(58,59)39-27-37(51-45-53-41(47-33-13-5-1-6-14-33)29-42(54-45)48-34-15-7-2-8-16-34)25-23-31(39)21-22-32-24-26-38(28-40(32)64(60,61)62)52-46-55-43(49-35-17-9-3-10-18-35)30-44(56-46)50-36-19-11-4-12-20-36;;;;/h1-30H,(H,57,58,59)(H,60,61,62)(H3,47,48,51,53,54)(H3,49,50,52,55,56);;;;/q;2*+1;2*-1/b22-21+;;;;. The Hall–Kier alpha value is -6.16. The molecule has 16 nitrogen and oxygen atoms in total. The van der Waals surface area contributed by atoms with Crippen LogP contribution in [0, 0.1) is 0 Å².